The van der Waals surface area contributed by atoms with Gasteiger partial charge < -0.3 is 10.6 Å². The van der Waals surface area contributed by atoms with Gasteiger partial charge in [-0.1, -0.05) is 23.2 Å². The number of halogens is 2. The van der Waals surface area contributed by atoms with Crippen LogP contribution in [0.1, 0.15) is 15.4 Å². The zero-order valence-electron chi connectivity index (χ0n) is 10.0. The van der Waals surface area contributed by atoms with E-state index in [2.05, 4.69) is 15.6 Å². The van der Waals surface area contributed by atoms with Gasteiger partial charge in [-0.25, -0.2) is 4.98 Å². The Morgan fingerprint density at radius 2 is 2.21 bits per heavy atom. The van der Waals surface area contributed by atoms with Gasteiger partial charge in [-0.3, -0.25) is 4.79 Å². The van der Waals surface area contributed by atoms with E-state index in [1.54, 1.807) is 25.4 Å². The van der Waals surface area contributed by atoms with E-state index >= 15 is 0 Å². The maximum Gasteiger partial charge on any atom is 0.252 e. The highest BCUT2D eigenvalue weighted by Gasteiger charge is 2.09. The standard InChI is InChI=1S/C12H11Cl2N3OS/c1-15-12(18)8-4-7(2-3-9(8)13)16-6-11-17-5-10(14)19-11/h2-5,16H,6H2,1H3,(H,15,18). The number of benzene rings is 1. The van der Waals surface area contributed by atoms with Crippen LogP contribution < -0.4 is 10.6 Å². The van der Waals surface area contributed by atoms with Crippen LogP contribution in [0.3, 0.4) is 0 Å². The topological polar surface area (TPSA) is 54.0 Å². The molecule has 0 saturated carbocycles. The van der Waals surface area contributed by atoms with Gasteiger partial charge in [0.15, 0.2) is 0 Å². The molecule has 1 heterocycles. The molecule has 1 amide bonds. The van der Waals surface area contributed by atoms with Gasteiger partial charge in [0.25, 0.3) is 5.91 Å². The minimum Gasteiger partial charge on any atom is -0.379 e. The lowest BCUT2D eigenvalue weighted by Crippen LogP contribution is -2.18. The molecule has 0 atom stereocenters. The van der Waals surface area contributed by atoms with Crippen molar-refractivity contribution in [2.24, 2.45) is 0 Å². The van der Waals surface area contributed by atoms with Crippen molar-refractivity contribution in [2.45, 2.75) is 6.54 Å². The van der Waals surface area contributed by atoms with Gasteiger partial charge in [0.2, 0.25) is 0 Å². The number of hydrogen-bond acceptors (Lipinski definition) is 4. The molecule has 0 unspecified atom stereocenters. The average Bonchev–Trinajstić information content (AvgIpc) is 2.83. The van der Waals surface area contributed by atoms with E-state index in [0.29, 0.717) is 21.5 Å². The highest BCUT2D eigenvalue weighted by Crippen LogP contribution is 2.22. The summed E-state index contributed by atoms with van der Waals surface area (Å²) in [5, 5.41) is 7.01. The van der Waals surface area contributed by atoms with E-state index in [9.17, 15) is 4.79 Å². The summed E-state index contributed by atoms with van der Waals surface area (Å²) < 4.78 is 0.652. The molecule has 0 aliphatic rings. The van der Waals surface area contributed by atoms with Crippen LogP contribution in [0.4, 0.5) is 5.69 Å². The highest BCUT2D eigenvalue weighted by atomic mass is 35.5. The number of aromatic nitrogens is 1. The second-order valence-corrected chi connectivity index (χ2v) is 5.84. The smallest absolute Gasteiger partial charge is 0.252 e. The summed E-state index contributed by atoms with van der Waals surface area (Å²) in [4.78, 5) is 15.8. The van der Waals surface area contributed by atoms with Crippen LogP contribution in [-0.2, 0) is 6.54 Å². The highest BCUT2D eigenvalue weighted by molar-refractivity contribution is 7.15. The molecule has 0 saturated heterocycles. The van der Waals surface area contributed by atoms with E-state index in [-0.39, 0.29) is 5.91 Å². The Morgan fingerprint density at radius 1 is 1.42 bits per heavy atom. The molecule has 1 aromatic carbocycles. The number of carbonyl (C=O) groups is 1. The number of carbonyl (C=O) groups excluding carboxylic acids is 1. The second kappa shape index (κ2) is 6.23. The fourth-order valence-corrected chi connectivity index (χ4v) is 2.59. The van der Waals surface area contributed by atoms with E-state index in [4.69, 9.17) is 23.2 Å². The molecular weight excluding hydrogens is 305 g/mol. The molecular formula is C12H11Cl2N3OS. The van der Waals surface area contributed by atoms with Gasteiger partial charge >= 0.3 is 0 Å². The Hall–Kier alpha value is -1.30. The van der Waals surface area contributed by atoms with Crippen molar-refractivity contribution >= 4 is 46.1 Å². The Morgan fingerprint density at radius 3 is 2.84 bits per heavy atom. The Bertz CT molecular complexity index is 600. The molecule has 19 heavy (non-hydrogen) atoms. The Kier molecular flexibility index (Phi) is 4.63. The minimum atomic E-state index is -0.217. The van der Waals surface area contributed by atoms with Crippen molar-refractivity contribution in [3.05, 3.63) is 44.3 Å². The van der Waals surface area contributed by atoms with Crippen LogP contribution in [0.25, 0.3) is 0 Å². The third-order valence-electron chi connectivity index (χ3n) is 2.41. The number of nitrogens with zero attached hydrogens (tertiary/aromatic N) is 1. The lowest BCUT2D eigenvalue weighted by Gasteiger charge is -2.08. The van der Waals surface area contributed by atoms with E-state index in [1.807, 2.05) is 6.07 Å². The normalized spacial score (nSPS) is 10.3. The van der Waals surface area contributed by atoms with Crippen molar-refractivity contribution in [3.63, 3.8) is 0 Å². The lowest BCUT2D eigenvalue weighted by atomic mass is 10.2. The summed E-state index contributed by atoms with van der Waals surface area (Å²) in [5.41, 5.74) is 1.24. The van der Waals surface area contributed by atoms with Gasteiger partial charge in [-0.2, -0.15) is 0 Å². The summed E-state index contributed by atoms with van der Waals surface area (Å²) in [6.45, 7) is 0.548. The van der Waals surface area contributed by atoms with Crippen LogP contribution in [0.2, 0.25) is 9.36 Å². The van der Waals surface area contributed by atoms with Crippen LogP contribution >= 0.6 is 34.5 Å². The molecule has 0 fully saturated rings. The predicted octanol–water partition coefficient (Wildman–Crippen LogP) is 3.42. The summed E-state index contributed by atoms with van der Waals surface area (Å²) in [6.07, 6.45) is 1.61. The molecule has 7 heteroatoms. The van der Waals surface area contributed by atoms with Crippen LogP contribution in [0.15, 0.2) is 24.4 Å². The molecule has 4 nitrogen and oxygen atoms in total. The van der Waals surface area contributed by atoms with Crippen LogP contribution in [0, 0.1) is 0 Å². The first kappa shape index (κ1) is 14.1. The minimum absolute atomic E-state index is 0.217. The van der Waals surface area contributed by atoms with Gasteiger partial charge in [-0.05, 0) is 18.2 Å². The Labute approximate surface area is 124 Å². The zero-order chi connectivity index (χ0) is 13.8. The fraction of sp³-hybridized carbons (Fsp3) is 0.167. The number of thiazole rings is 1. The number of amides is 1. The maximum absolute atomic E-state index is 11.6. The number of nitrogens with one attached hydrogen (secondary N) is 2. The summed E-state index contributed by atoms with van der Waals surface area (Å²) >= 11 is 13.2. The molecule has 0 bridgehead atoms. The van der Waals surface area contributed by atoms with Crippen molar-refractivity contribution in [1.82, 2.24) is 10.3 Å². The predicted molar refractivity (Wildman–Crippen MR) is 79.3 cm³/mol. The molecule has 100 valence electrons. The van der Waals surface area contributed by atoms with Crippen molar-refractivity contribution < 1.29 is 4.79 Å². The van der Waals surface area contributed by atoms with Gasteiger partial charge in [-0.15, -0.1) is 11.3 Å². The summed E-state index contributed by atoms with van der Waals surface area (Å²) in [7, 11) is 1.57. The lowest BCUT2D eigenvalue weighted by molar-refractivity contribution is 0.0963. The molecule has 1 aromatic heterocycles. The van der Waals surface area contributed by atoms with Crippen LogP contribution in [0.5, 0.6) is 0 Å². The van der Waals surface area contributed by atoms with Gasteiger partial charge in [0.1, 0.15) is 9.34 Å². The molecule has 0 spiro atoms. The SMILES string of the molecule is CNC(=O)c1cc(NCc2ncc(Cl)s2)ccc1Cl. The molecule has 0 aliphatic carbocycles. The largest absolute Gasteiger partial charge is 0.379 e. The maximum atomic E-state index is 11.6. The van der Waals surface area contributed by atoms with Crippen LogP contribution in [-0.4, -0.2) is 17.9 Å². The quantitative estimate of drug-likeness (QED) is 0.909. The molecule has 2 rings (SSSR count). The van der Waals surface area contributed by atoms with Gasteiger partial charge in [0, 0.05) is 12.7 Å². The zero-order valence-corrected chi connectivity index (χ0v) is 12.4. The average molecular weight is 316 g/mol. The first-order chi connectivity index (χ1) is 9.10. The number of anilines is 1. The van der Waals surface area contributed by atoms with E-state index in [1.165, 1.54) is 11.3 Å². The van der Waals surface area contributed by atoms with Crippen molar-refractivity contribution in [2.75, 3.05) is 12.4 Å². The third-order valence-corrected chi connectivity index (χ3v) is 3.85. The summed E-state index contributed by atoms with van der Waals surface area (Å²) in [6, 6.07) is 5.20. The number of hydrogen-bond donors (Lipinski definition) is 2. The molecule has 2 N–H and O–H groups in total. The second-order valence-electron chi connectivity index (χ2n) is 3.69. The number of rotatable bonds is 4. The van der Waals surface area contributed by atoms with E-state index < -0.39 is 0 Å². The molecule has 0 radical (unpaired) electrons. The fourth-order valence-electron chi connectivity index (χ4n) is 1.49. The van der Waals surface area contributed by atoms with E-state index in [0.717, 1.165) is 10.7 Å². The third kappa shape index (κ3) is 3.59. The molecule has 0 aliphatic heterocycles. The Balaban J connectivity index is 2.10. The van der Waals surface area contributed by atoms with Gasteiger partial charge in [0.05, 0.1) is 23.3 Å². The summed E-state index contributed by atoms with van der Waals surface area (Å²) in [5.74, 6) is -0.217. The molecule has 2 aromatic rings. The monoisotopic (exact) mass is 315 g/mol. The first-order valence-corrected chi connectivity index (χ1v) is 7.03. The van der Waals surface area contributed by atoms with Crippen molar-refractivity contribution in [3.8, 4) is 0 Å². The van der Waals surface area contributed by atoms with Crippen molar-refractivity contribution in [1.29, 1.82) is 0 Å². The first-order valence-electron chi connectivity index (χ1n) is 5.46.